The van der Waals surface area contributed by atoms with Crippen LogP contribution in [0.5, 0.6) is 17.2 Å². The van der Waals surface area contributed by atoms with Gasteiger partial charge >= 0.3 is 0 Å². The third-order valence-electron chi connectivity index (χ3n) is 4.60. The van der Waals surface area contributed by atoms with E-state index in [9.17, 15) is 4.79 Å². The molecule has 0 unspecified atom stereocenters. The topological polar surface area (TPSA) is 101 Å². The summed E-state index contributed by atoms with van der Waals surface area (Å²) in [7, 11) is 4.61. The Morgan fingerprint density at radius 1 is 1.06 bits per heavy atom. The second-order valence-electron chi connectivity index (χ2n) is 6.55. The number of benzene rings is 1. The van der Waals surface area contributed by atoms with Gasteiger partial charge in [-0.3, -0.25) is 9.20 Å². The number of aromatic nitrogens is 4. The lowest BCUT2D eigenvalue weighted by atomic mass is 10.2. The van der Waals surface area contributed by atoms with E-state index in [0.717, 1.165) is 5.56 Å². The molecular formula is C21H20N4O5S. The maximum Gasteiger partial charge on any atom is 0.277 e. The molecule has 0 aliphatic carbocycles. The van der Waals surface area contributed by atoms with Crippen molar-refractivity contribution in [2.75, 3.05) is 21.3 Å². The van der Waals surface area contributed by atoms with Crippen LogP contribution >= 0.6 is 11.8 Å². The van der Waals surface area contributed by atoms with E-state index >= 15 is 0 Å². The molecule has 4 aromatic rings. The molecule has 0 saturated heterocycles. The molecule has 0 spiro atoms. The van der Waals surface area contributed by atoms with Gasteiger partial charge in [0.15, 0.2) is 11.5 Å². The van der Waals surface area contributed by atoms with Crippen molar-refractivity contribution in [1.29, 1.82) is 0 Å². The third kappa shape index (κ3) is 4.06. The van der Waals surface area contributed by atoms with Gasteiger partial charge in [-0.1, -0.05) is 17.8 Å². The Morgan fingerprint density at radius 3 is 2.48 bits per heavy atom. The number of ether oxygens (including phenoxy) is 3. The number of fused-ring (bicyclic) bond motifs is 1. The molecule has 1 aromatic carbocycles. The molecule has 0 N–H and O–H groups in total. The third-order valence-corrected chi connectivity index (χ3v) is 5.45. The summed E-state index contributed by atoms with van der Waals surface area (Å²) in [5.74, 6) is 2.17. The van der Waals surface area contributed by atoms with Crippen LogP contribution in [-0.2, 0) is 5.75 Å². The van der Waals surface area contributed by atoms with Crippen molar-refractivity contribution in [1.82, 2.24) is 19.6 Å². The van der Waals surface area contributed by atoms with Crippen LogP contribution in [0.1, 0.15) is 11.3 Å². The molecule has 31 heavy (non-hydrogen) atoms. The smallest absolute Gasteiger partial charge is 0.277 e. The molecule has 3 heterocycles. The highest BCUT2D eigenvalue weighted by molar-refractivity contribution is 7.98. The molecule has 160 valence electrons. The van der Waals surface area contributed by atoms with Gasteiger partial charge in [-0.2, -0.15) is 0 Å². The zero-order valence-corrected chi connectivity index (χ0v) is 18.2. The first kappa shape index (κ1) is 20.7. The zero-order valence-electron chi connectivity index (χ0n) is 17.4. The largest absolute Gasteiger partial charge is 0.493 e. The van der Waals surface area contributed by atoms with E-state index in [-0.39, 0.29) is 5.56 Å². The number of nitrogens with zero attached hydrogens (tertiary/aromatic N) is 4. The first-order valence-electron chi connectivity index (χ1n) is 9.28. The second kappa shape index (κ2) is 8.68. The fraction of sp³-hybridized carbons (Fsp3) is 0.238. The molecule has 0 radical (unpaired) electrons. The number of methoxy groups -OCH3 is 3. The van der Waals surface area contributed by atoms with Gasteiger partial charge in [0.05, 0.1) is 27.0 Å². The minimum absolute atomic E-state index is 0.132. The summed E-state index contributed by atoms with van der Waals surface area (Å²) < 4.78 is 23.4. The molecular weight excluding hydrogens is 420 g/mol. The van der Waals surface area contributed by atoms with Gasteiger partial charge in [0, 0.05) is 23.6 Å². The lowest BCUT2D eigenvalue weighted by Crippen LogP contribution is -2.15. The average Bonchev–Trinajstić information content (AvgIpc) is 3.26. The molecule has 0 aliphatic rings. The summed E-state index contributed by atoms with van der Waals surface area (Å²) in [6, 6.07) is 8.72. The van der Waals surface area contributed by atoms with Gasteiger partial charge in [0.2, 0.25) is 11.6 Å². The molecule has 10 heteroatoms. The monoisotopic (exact) mass is 440 g/mol. The lowest BCUT2D eigenvalue weighted by Gasteiger charge is -2.12. The molecule has 0 bridgehead atoms. The van der Waals surface area contributed by atoms with E-state index in [1.54, 1.807) is 18.3 Å². The molecule has 4 rings (SSSR count). The maximum absolute atomic E-state index is 12.4. The van der Waals surface area contributed by atoms with Crippen LogP contribution in [0, 0.1) is 6.92 Å². The number of hydrogen-bond donors (Lipinski definition) is 0. The molecule has 3 aromatic heterocycles. The highest BCUT2D eigenvalue weighted by Crippen LogP contribution is 2.41. The summed E-state index contributed by atoms with van der Waals surface area (Å²) in [6.07, 6.45) is 1.70. The fourth-order valence-electron chi connectivity index (χ4n) is 3.11. The van der Waals surface area contributed by atoms with Crippen molar-refractivity contribution in [2.45, 2.75) is 17.9 Å². The summed E-state index contributed by atoms with van der Waals surface area (Å²) in [4.78, 5) is 16.9. The number of pyridine rings is 1. The fourth-order valence-corrected chi connectivity index (χ4v) is 3.76. The number of aryl methyl sites for hydroxylation is 1. The number of thioether (sulfide) groups is 1. The number of rotatable bonds is 7. The lowest BCUT2D eigenvalue weighted by molar-refractivity contribution is 0.324. The number of hydrogen-bond acceptors (Lipinski definition) is 9. The van der Waals surface area contributed by atoms with Crippen LogP contribution in [0.4, 0.5) is 0 Å². The van der Waals surface area contributed by atoms with Gasteiger partial charge in [-0.05, 0) is 30.7 Å². The van der Waals surface area contributed by atoms with Gasteiger partial charge < -0.3 is 18.6 Å². The summed E-state index contributed by atoms with van der Waals surface area (Å²) in [6.45, 7) is 1.92. The van der Waals surface area contributed by atoms with Crippen LogP contribution in [0.3, 0.4) is 0 Å². The van der Waals surface area contributed by atoms with E-state index in [1.807, 2.05) is 19.1 Å². The molecule has 0 aliphatic heterocycles. The van der Waals surface area contributed by atoms with Gasteiger partial charge in [0.25, 0.3) is 10.8 Å². The zero-order chi connectivity index (χ0) is 22.0. The summed E-state index contributed by atoms with van der Waals surface area (Å²) in [5, 5.41) is 8.55. The van der Waals surface area contributed by atoms with E-state index in [4.69, 9.17) is 18.6 Å². The van der Waals surface area contributed by atoms with E-state index in [1.165, 1.54) is 43.6 Å². The van der Waals surface area contributed by atoms with Crippen LogP contribution in [0.2, 0.25) is 0 Å². The first-order valence-corrected chi connectivity index (χ1v) is 10.3. The predicted octanol–water partition coefficient (Wildman–Crippen LogP) is 3.37. The standard InChI is InChI=1S/C21H20N4O5S/c1-12-6-5-7-25-17(26)10-14(22-19(12)25)11-31-21-24-23-20(30-21)13-8-15(27-2)18(29-4)16(9-13)28-3/h5-10H,11H2,1-4H3. The van der Waals surface area contributed by atoms with Crippen LogP contribution in [-0.4, -0.2) is 40.9 Å². The van der Waals surface area contributed by atoms with Gasteiger partial charge in [0.1, 0.15) is 5.65 Å². The molecule has 0 atom stereocenters. The first-order chi connectivity index (χ1) is 15.0. The Kier molecular flexibility index (Phi) is 5.81. The van der Waals surface area contributed by atoms with Crippen molar-refractivity contribution in [2.24, 2.45) is 0 Å². The predicted molar refractivity (Wildman–Crippen MR) is 115 cm³/mol. The quantitative estimate of drug-likeness (QED) is 0.400. The van der Waals surface area contributed by atoms with Crippen molar-refractivity contribution in [3.63, 3.8) is 0 Å². The van der Waals surface area contributed by atoms with Crippen LogP contribution in [0.15, 0.2) is 51.0 Å². The summed E-state index contributed by atoms with van der Waals surface area (Å²) in [5.41, 5.74) is 2.69. The van der Waals surface area contributed by atoms with E-state index < -0.39 is 0 Å². The van der Waals surface area contributed by atoms with Crippen molar-refractivity contribution < 1.29 is 18.6 Å². The van der Waals surface area contributed by atoms with Crippen molar-refractivity contribution in [3.8, 4) is 28.7 Å². The van der Waals surface area contributed by atoms with Crippen LogP contribution < -0.4 is 19.8 Å². The minimum Gasteiger partial charge on any atom is -0.493 e. The second-order valence-corrected chi connectivity index (χ2v) is 7.47. The van der Waals surface area contributed by atoms with Crippen molar-refractivity contribution in [3.05, 3.63) is 58.1 Å². The maximum atomic E-state index is 12.4. The average molecular weight is 440 g/mol. The normalized spacial score (nSPS) is 11.0. The van der Waals surface area contributed by atoms with Gasteiger partial charge in [-0.15, -0.1) is 10.2 Å². The highest BCUT2D eigenvalue weighted by atomic mass is 32.2. The van der Waals surface area contributed by atoms with Crippen LogP contribution in [0.25, 0.3) is 17.1 Å². The SMILES string of the molecule is COc1cc(-c2nnc(SCc3cc(=O)n4cccc(C)c4n3)o2)cc(OC)c1OC. The Hall–Kier alpha value is -3.53. The van der Waals surface area contributed by atoms with Gasteiger partial charge in [-0.25, -0.2) is 4.98 Å². The molecule has 0 saturated carbocycles. The summed E-state index contributed by atoms with van der Waals surface area (Å²) >= 11 is 1.30. The Bertz CT molecular complexity index is 1280. The minimum atomic E-state index is -0.132. The Morgan fingerprint density at radius 2 is 1.81 bits per heavy atom. The molecule has 0 amide bonds. The highest BCUT2D eigenvalue weighted by Gasteiger charge is 2.18. The van der Waals surface area contributed by atoms with E-state index in [0.29, 0.717) is 51.0 Å². The van der Waals surface area contributed by atoms with E-state index in [2.05, 4.69) is 15.2 Å². The van der Waals surface area contributed by atoms with Crippen molar-refractivity contribution >= 4 is 17.4 Å². The Balaban J connectivity index is 1.57. The molecule has 0 fully saturated rings. The Labute approximate surface area is 182 Å². The molecule has 9 nitrogen and oxygen atoms in total.